The predicted molar refractivity (Wildman–Crippen MR) is 111 cm³/mol. The molecular formula is C23H25FN2O3. The van der Waals surface area contributed by atoms with Gasteiger partial charge < -0.3 is 4.74 Å². The fourth-order valence-corrected chi connectivity index (χ4v) is 3.34. The van der Waals surface area contributed by atoms with Crippen LogP contribution < -0.4 is 11.2 Å². The van der Waals surface area contributed by atoms with Crippen LogP contribution in [-0.2, 0) is 24.3 Å². The van der Waals surface area contributed by atoms with Crippen molar-refractivity contribution in [2.45, 2.75) is 39.3 Å². The molecule has 3 rings (SSSR count). The van der Waals surface area contributed by atoms with Crippen LogP contribution in [-0.4, -0.2) is 16.2 Å². The largest absolute Gasteiger partial charge is 0.360 e. The van der Waals surface area contributed by atoms with Crippen LogP contribution in [0.3, 0.4) is 0 Å². The third-order valence-corrected chi connectivity index (χ3v) is 4.81. The molecule has 0 aliphatic carbocycles. The standard InChI is InChI=1S/C23H25FN2O3/c1-16(2)21-20(14-18-6-4-3-5-7-18)26(23(28)25-22(21)27)15-29-13-12-17-8-10-19(24)11-9-17/h3-11,16H,12-15H2,1-2H3,(H,25,27,28). The maximum Gasteiger partial charge on any atom is 0.330 e. The van der Waals surface area contributed by atoms with Crippen LogP contribution in [0.4, 0.5) is 4.39 Å². The van der Waals surface area contributed by atoms with E-state index in [-0.39, 0.29) is 24.0 Å². The van der Waals surface area contributed by atoms with Crippen LogP contribution in [0.15, 0.2) is 64.2 Å². The lowest BCUT2D eigenvalue weighted by Crippen LogP contribution is -2.36. The highest BCUT2D eigenvalue weighted by Gasteiger charge is 2.18. The molecule has 1 N–H and O–H groups in total. The Labute approximate surface area is 168 Å². The van der Waals surface area contributed by atoms with Gasteiger partial charge in [-0.3, -0.25) is 14.3 Å². The van der Waals surface area contributed by atoms with Crippen LogP contribution in [0.1, 0.15) is 42.1 Å². The van der Waals surface area contributed by atoms with Crippen LogP contribution in [0.5, 0.6) is 0 Å². The first-order valence-corrected chi connectivity index (χ1v) is 9.67. The van der Waals surface area contributed by atoms with Crippen molar-refractivity contribution in [3.05, 3.63) is 104 Å². The molecule has 0 saturated heterocycles. The number of aromatic amines is 1. The second-order valence-corrected chi connectivity index (χ2v) is 7.28. The maximum absolute atomic E-state index is 13.0. The average molecular weight is 396 g/mol. The van der Waals surface area contributed by atoms with Crippen molar-refractivity contribution >= 4 is 0 Å². The quantitative estimate of drug-likeness (QED) is 0.592. The third kappa shape index (κ3) is 5.29. The highest BCUT2D eigenvalue weighted by molar-refractivity contribution is 5.28. The molecule has 1 aromatic heterocycles. The Hall–Kier alpha value is -2.99. The summed E-state index contributed by atoms with van der Waals surface area (Å²) in [6, 6.07) is 16.0. The summed E-state index contributed by atoms with van der Waals surface area (Å²) in [7, 11) is 0. The Morgan fingerprint density at radius 1 is 1.00 bits per heavy atom. The van der Waals surface area contributed by atoms with Crippen molar-refractivity contribution in [2.75, 3.05) is 6.61 Å². The topological polar surface area (TPSA) is 64.1 Å². The highest BCUT2D eigenvalue weighted by Crippen LogP contribution is 2.18. The molecule has 3 aromatic rings. The molecule has 6 heteroatoms. The molecule has 0 atom stereocenters. The molecule has 0 fully saturated rings. The molecule has 0 aliphatic heterocycles. The first-order valence-electron chi connectivity index (χ1n) is 9.67. The van der Waals surface area contributed by atoms with E-state index >= 15 is 0 Å². The summed E-state index contributed by atoms with van der Waals surface area (Å²) >= 11 is 0. The van der Waals surface area contributed by atoms with E-state index in [4.69, 9.17) is 4.74 Å². The summed E-state index contributed by atoms with van der Waals surface area (Å²) in [6.45, 7) is 4.28. The van der Waals surface area contributed by atoms with Gasteiger partial charge in [-0.25, -0.2) is 9.18 Å². The number of nitrogens with zero attached hydrogens (tertiary/aromatic N) is 1. The molecule has 5 nitrogen and oxygen atoms in total. The first kappa shape index (κ1) is 20.7. The summed E-state index contributed by atoms with van der Waals surface area (Å²) in [5, 5.41) is 0. The molecule has 0 spiro atoms. The van der Waals surface area contributed by atoms with Crippen molar-refractivity contribution in [1.29, 1.82) is 0 Å². The van der Waals surface area contributed by atoms with Crippen molar-refractivity contribution < 1.29 is 9.13 Å². The number of halogens is 1. The maximum atomic E-state index is 13.0. The van der Waals surface area contributed by atoms with Gasteiger partial charge in [-0.15, -0.1) is 0 Å². The van der Waals surface area contributed by atoms with Gasteiger partial charge in [-0.05, 0) is 35.6 Å². The normalized spacial score (nSPS) is 11.2. The molecule has 0 unspecified atom stereocenters. The SMILES string of the molecule is CC(C)c1c(Cc2ccccc2)n(COCCc2ccc(F)cc2)c(=O)[nH]c1=O. The Morgan fingerprint density at radius 3 is 2.34 bits per heavy atom. The van der Waals surface area contributed by atoms with E-state index in [0.29, 0.717) is 30.7 Å². The van der Waals surface area contributed by atoms with Gasteiger partial charge in [0.1, 0.15) is 12.5 Å². The molecule has 1 heterocycles. The second-order valence-electron chi connectivity index (χ2n) is 7.28. The number of hydrogen-bond acceptors (Lipinski definition) is 3. The smallest absolute Gasteiger partial charge is 0.330 e. The van der Waals surface area contributed by atoms with Gasteiger partial charge in [0.25, 0.3) is 5.56 Å². The van der Waals surface area contributed by atoms with Gasteiger partial charge in [0.05, 0.1) is 6.61 Å². The lowest BCUT2D eigenvalue weighted by atomic mass is 9.98. The molecule has 29 heavy (non-hydrogen) atoms. The number of ether oxygens (including phenoxy) is 1. The third-order valence-electron chi connectivity index (χ3n) is 4.81. The molecular weight excluding hydrogens is 371 g/mol. The molecule has 0 radical (unpaired) electrons. The Morgan fingerprint density at radius 2 is 1.69 bits per heavy atom. The molecule has 0 saturated carbocycles. The summed E-state index contributed by atoms with van der Waals surface area (Å²) < 4.78 is 20.2. The summed E-state index contributed by atoms with van der Waals surface area (Å²) in [6.07, 6.45) is 1.07. The number of hydrogen-bond donors (Lipinski definition) is 1. The number of rotatable bonds is 8. The van der Waals surface area contributed by atoms with Crippen LogP contribution in [0, 0.1) is 5.82 Å². The summed E-state index contributed by atoms with van der Waals surface area (Å²) in [4.78, 5) is 27.4. The summed E-state index contributed by atoms with van der Waals surface area (Å²) in [5.41, 5.74) is 2.40. The fraction of sp³-hybridized carbons (Fsp3) is 0.304. The second kappa shape index (κ2) is 9.47. The van der Waals surface area contributed by atoms with E-state index in [1.54, 1.807) is 12.1 Å². The molecule has 0 aliphatic rings. The highest BCUT2D eigenvalue weighted by atomic mass is 19.1. The van der Waals surface area contributed by atoms with Gasteiger partial charge in [0.15, 0.2) is 0 Å². The minimum atomic E-state index is -0.480. The first-order chi connectivity index (χ1) is 14.0. The molecule has 0 bridgehead atoms. The zero-order valence-corrected chi connectivity index (χ0v) is 16.7. The fourth-order valence-electron chi connectivity index (χ4n) is 3.34. The monoisotopic (exact) mass is 396 g/mol. The van der Waals surface area contributed by atoms with Gasteiger partial charge in [-0.2, -0.15) is 0 Å². The van der Waals surface area contributed by atoms with Gasteiger partial charge in [0, 0.05) is 17.7 Å². The number of benzene rings is 2. The van der Waals surface area contributed by atoms with E-state index in [1.807, 2.05) is 44.2 Å². The molecule has 0 amide bonds. The van der Waals surface area contributed by atoms with Crippen molar-refractivity contribution in [2.24, 2.45) is 0 Å². The van der Waals surface area contributed by atoms with E-state index < -0.39 is 5.69 Å². The minimum Gasteiger partial charge on any atom is -0.360 e. The Kier molecular flexibility index (Phi) is 6.77. The van der Waals surface area contributed by atoms with Crippen molar-refractivity contribution in [3.8, 4) is 0 Å². The number of H-pyrrole nitrogens is 1. The number of aromatic nitrogens is 2. The van der Waals surface area contributed by atoms with Gasteiger partial charge >= 0.3 is 5.69 Å². The lowest BCUT2D eigenvalue weighted by molar-refractivity contribution is 0.0739. The van der Waals surface area contributed by atoms with Crippen molar-refractivity contribution in [3.63, 3.8) is 0 Å². The van der Waals surface area contributed by atoms with E-state index in [2.05, 4.69) is 4.98 Å². The molecule has 2 aromatic carbocycles. The van der Waals surface area contributed by atoms with E-state index in [1.165, 1.54) is 16.7 Å². The predicted octanol–water partition coefficient (Wildman–Crippen LogP) is 3.61. The molecule has 152 valence electrons. The lowest BCUT2D eigenvalue weighted by Gasteiger charge is -2.18. The van der Waals surface area contributed by atoms with Crippen LogP contribution in [0.25, 0.3) is 0 Å². The van der Waals surface area contributed by atoms with Gasteiger partial charge in [0.2, 0.25) is 0 Å². The van der Waals surface area contributed by atoms with Crippen LogP contribution in [0.2, 0.25) is 0 Å². The Balaban J connectivity index is 1.82. The van der Waals surface area contributed by atoms with E-state index in [0.717, 1.165) is 11.1 Å². The van der Waals surface area contributed by atoms with Crippen molar-refractivity contribution in [1.82, 2.24) is 9.55 Å². The summed E-state index contributed by atoms with van der Waals surface area (Å²) in [5.74, 6) is -0.315. The average Bonchev–Trinajstić information content (AvgIpc) is 2.68. The minimum absolute atomic E-state index is 0.0384. The van der Waals surface area contributed by atoms with Gasteiger partial charge in [-0.1, -0.05) is 56.3 Å². The van der Waals surface area contributed by atoms with E-state index in [9.17, 15) is 14.0 Å². The zero-order valence-electron chi connectivity index (χ0n) is 16.7. The van der Waals surface area contributed by atoms with Crippen LogP contribution >= 0.6 is 0 Å². The Bertz CT molecular complexity index is 1050. The number of nitrogens with one attached hydrogen (secondary N) is 1. The zero-order chi connectivity index (χ0) is 20.8.